The first-order valence-corrected chi connectivity index (χ1v) is 4.36. The fraction of sp³-hybridized carbons (Fsp3) is 0.364. The molecule has 1 heteroatoms. The fourth-order valence-corrected chi connectivity index (χ4v) is 1.19. The maximum atomic E-state index is 7.67. The summed E-state index contributed by atoms with van der Waals surface area (Å²) >= 11 is 0. The zero-order valence-corrected chi connectivity index (χ0v) is 7.72. The third kappa shape index (κ3) is 2.19. The summed E-state index contributed by atoms with van der Waals surface area (Å²) < 4.78 is 0. The van der Waals surface area contributed by atoms with Crippen LogP contribution in [0.2, 0.25) is 0 Å². The lowest BCUT2D eigenvalue weighted by molar-refractivity contribution is 1.20. The van der Waals surface area contributed by atoms with Gasteiger partial charge >= 0.3 is 0 Å². The van der Waals surface area contributed by atoms with E-state index in [2.05, 4.69) is 19.1 Å². The summed E-state index contributed by atoms with van der Waals surface area (Å²) in [6, 6.07) is 0. The molecule has 64 valence electrons. The highest BCUT2D eigenvalue weighted by molar-refractivity contribution is 6.00. The first kappa shape index (κ1) is 8.98. The minimum atomic E-state index is 0.723. The Labute approximate surface area is 74.0 Å². The molecule has 0 spiro atoms. The lowest BCUT2D eigenvalue weighted by Crippen LogP contribution is -1.96. The maximum Gasteiger partial charge on any atom is 0.0383 e. The van der Waals surface area contributed by atoms with Crippen LogP contribution in [0, 0.1) is 5.41 Å². The van der Waals surface area contributed by atoms with Crippen LogP contribution in [-0.2, 0) is 0 Å². The van der Waals surface area contributed by atoms with Crippen molar-refractivity contribution in [2.45, 2.75) is 26.7 Å². The van der Waals surface area contributed by atoms with Gasteiger partial charge in [-0.3, -0.25) is 0 Å². The van der Waals surface area contributed by atoms with Gasteiger partial charge < -0.3 is 5.41 Å². The van der Waals surface area contributed by atoms with Crippen LogP contribution in [0.25, 0.3) is 0 Å². The van der Waals surface area contributed by atoms with Crippen LogP contribution in [0.15, 0.2) is 35.5 Å². The quantitative estimate of drug-likeness (QED) is 0.601. The highest BCUT2D eigenvalue weighted by atomic mass is 14.4. The number of rotatable bonds is 2. The number of hydrogen-bond acceptors (Lipinski definition) is 1. The van der Waals surface area contributed by atoms with Crippen molar-refractivity contribution < 1.29 is 0 Å². The molecule has 0 saturated carbocycles. The fourth-order valence-electron chi connectivity index (χ4n) is 1.19. The van der Waals surface area contributed by atoms with E-state index in [-0.39, 0.29) is 0 Å². The smallest absolute Gasteiger partial charge is 0.0383 e. The van der Waals surface area contributed by atoms with Crippen LogP contribution in [0.4, 0.5) is 0 Å². The minimum Gasteiger partial charge on any atom is -0.305 e. The molecule has 0 aromatic heterocycles. The molecule has 0 aliphatic heterocycles. The summed E-state index contributed by atoms with van der Waals surface area (Å²) in [4.78, 5) is 0. The molecule has 1 aliphatic carbocycles. The van der Waals surface area contributed by atoms with E-state index >= 15 is 0 Å². The molecule has 0 fully saturated rings. The van der Waals surface area contributed by atoms with E-state index in [1.54, 1.807) is 0 Å². The van der Waals surface area contributed by atoms with Crippen LogP contribution in [-0.4, -0.2) is 5.71 Å². The van der Waals surface area contributed by atoms with Crippen molar-refractivity contribution in [2.75, 3.05) is 0 Å². The molecule has 0 heterocycles. The second-order valence-corrected chi connectivity index (χ2v) is 3.08. The molecule has 0 bridgehead atoms. The Kier molecular flexibility index (Phi) is 3.03. The molecule has 0 radical (unpaired) electrons. The SMILES string of the molecule is CCC(=N)C1=CC=CCC(C)=C1. The van der Waals surface area contributed by atoms with E-state index in [0.717, 1.165) is 24.1 Å². The molecular weight excluding hydrogens is 146 g/mol. The molecule has 0 aromatic carbocycles. The van der Waals surface area contributed by atoms with Crippen LogP contribution < -0.4 is 0 Å². The molecule has 0 saturated heterocycles. The summed E-state index contributed by atoms with van der Waals surface area (Å²) in [6.07, 6.45) is 10.1. The Hall–Kier alpha value is -1.11. The van der Waals surface area contributed by atoms with Gasteiger partial charge in [-0.25, -0.2) is 0 Å². The zero-order valence-electron chi connectivity index (χ0n) is 7.72. The van der Waals surface area contributed by atoms with E-state index in [1.165, 1.54) is 5.57 Å². The van der Waals surface area contributed by atoms with Crippen molar-refractivity contribution in [1.29, 1.82) is 5.41 Å². The predicted molar refractivity (Wildman–Crippen MR) is 53.6 cm³/mol. The largest absolute Gasteiger partial charge is 0.305 e. The Morgan fingerprint density at radius 3 is 3.00 bits per heavy atom. The number of nitrogens with one attached hydrogen (secondary N) is 1. The molecule has 0 atom stereocenters. The third-order valence-corrected chi connectivity index (χ3v) is 1.96. The molecule has 12 heavy (non-hydrogen) atoms. The monoisotopic (exact) mass is 161 g/mol. The second kappa shape index (κ2) is 4.05. The molecule has 1 aliphatic rings. The van der Waals surface area contributed by atoms with Gasteiger partial charge in [0.15, 0.2) is 0 Å². The number of allylic oxidation sites excluding steroid dienone is 6. The summed E-state index contributed by atoms with van der Waals surface area (Å²) in [5.74, 6) is 0. The molecule has 0 amide bonds. The molecule has 0 aromatic rings. The first-order valence-electron chi connectivity index (χ1n) is 4.36. The van der Waals surface area contributed by atoms with Crippen LogP contribution >= 0.6 is 0 Å². The van der Waals surface area contributed by atoms with Gasteiger partial charge in [0.2, 0.25) is 0 Å². The van der Waals surface area contributed by atoms with Gasteiger partial charge in [-0.2, -0.15) is 0 Å². The molecule has 1 N–H and O–H groups in total. The van der Waals surface area contributed by atoms with Gasteiger partial charge in [-0.1, -0.05) is 36.8 Å². The van der Waals surface area contributed by atoms with Crippen molar-refractivity contribution in [3.05, 3.63) is 35.5 Å². The lowest BCUT2D eigenvalue weighted by Gasteiger charge is -2.00. The highest BCUT2D eigenvalue weighted by Crippen LogP contribution is 2.13. The van der Waals surface area contributed by atoms with Gasteiger partial charge in [0.05, 0.1) is 0 Å². The third-order valence-electron chi connectivity index (χ3n) is 1.96. The van der Waals surface area contributed by atoms with Crippen molar-refractivity contribution in [1.82, 2.24) is 0 Å². The predicted octanol–water partition coefficient (Wildman–Crippen LogP) is 3.25. The summed E-state index contributed by atoms with van der Waals surface area (Å²) in [5, 5.41) is 7.67. The van der Waals surface area contributed by atoms with Gasteiger partial charge in [-0.05, 0) is 25.3 Å². The van der Waals surface area contributed by atoms with Crippen LogP contribution in [0.5, 0.6) is 0 Å². The highest BCUT2D eigenvalue weighted by Gasteiger charge is 2.00. The Balaban J connectivity index is 2.88. The van der Waals surface area contributed by atoms with Gasteiger partial charge in [0, 0.05) is 5.71 Å². The molecule has 1 nitrogen and oxygen atoms in total. The minimum absolute atomic E-state index is 0.723. The molecule has 1 rings (SSSR count). The second-order valence-electron chi connectivity index (χ2n) is 3.08. The molecular formula is C11H15N. The molecule has 0 unspecified atom stereocenters. The van der Waals surface area contributed by atoms with E-state index in [0.29, 0.717) is 0 Å². The topological polar surface area (TPSA) is 23.9 Å². The normalized spacial score (nSPS) is 16.5. The van der Waals surface area contributed by atoms with Gasteiger partial charge in [-0.15, -0.1) is 0 Å². The Morgan fingerprint density at radius 1 is 1.58 bits per heavy atom. The van der Waals surface area contributed by atoms with Crippen molar-refractivity contribution >= 4 is 5.71 Å². The van der Waals surface area contributed by atoms with Gasteiger partial charge in [0.1, 0.15) is 0 Å². The van der Waals surface area contributed by atoms with Gasteiger partial charge in [0.25, 0.3) is 0 Å². The average Bonchev–Trinajstić information content (AvgIpc) is 2.28. The van der Waals surface area contributed by atoms with Crippen molar-refractivity contribution in [2.24, 2.45) is 0 Å². The van der Waals surface area contributed by atoms with Crippen molar-refractivity contribution in [3.63, 3.8) is 0 Å². The van der Waals surface area contributed by atoms with E-state index < -0.39 is 0 Å². The average molecular weight is 161 g/mol. The zero-order chi connectivity index (χ0) is 8.97. The van der Waals surface area contributed by atoms with Crippen LogP contribution in [0.1, 0.15) is 26.7 Å². The summed E-state index contributed by atoms with van der Waals surface area (Å²) in [7, 11) is 0. The maximum absolute atomic E-state index is 7.67. The Morgan fingerprint density at radius 2 is 2.33 bits per heavy atom. The lowest BCUT2D eigenvalue weighted by atomic mass is 10.1. The van der Waals surface area contributed by atoms with Crippen LogP contribution in [0.3, 0.4) is 0 Å². The van der Waals surface area contributed by atoms with E-state index in [4.69, 9.17) is 5.41 Å². The number of hydrogen-bond donors (Lipinski definition) is 1. The summed E-state index contributed by atoms with van der Waals surface area (Å²) in [6.45, 7) is 4.12. The van der Waals surface area contributed by atoms with E-state index in [9.17, 15) is 0 Å². The summed E-state index contributed by atoms with van der Waals surface area (Å²) in [5.41, 5.74) is 3.11. The standard InChI is InChI=1S/C11H15N/c1-3-11(12)10-7-5-4-6-9(2)8-10/h4-5,7-8,12H,3,6H2,1-2H3. The first-order chi connectivity index (χ1) is 5.74. The van der Waals surface area contributed by atoms with E-state index in [1.807, 2.05) is 19.1 Å². The van der Waals surface area contributed by atoms with Crippen molar-refractivity contribution in [3.8, 4) is 0 Å². The Bertz CT molecular complexity index is 267.